The van der Waals surface area contributed by atoms with Gasteiger partial charge in [-0.25, -0.2) is 10.5 Å². The molecule has 0 aromatic carbocycles. The Labute approximate surface area is 145 Å². The summed E-state index contributed by atoms with van der Waals surface area (Å²) in [6.07, 6.45) is 7.39. The number of rotatable bonds is 7. The van der Waals surface area contributed by atoms with E-state index in [9.17, 15) is 4.79 Å². The topological polar surface area (TPSA) is 87.8 Å². The molecule has 0 spiro atoms. The minimum absolute atomic E-state index is 0.206. The first kappa shape index (κ1) is 24.1. The van der Waals surface area contributed by atoms with E-state index in [1.807, 2.05) is 14.0 Å². The molecule has 0 bridgehead atoms. The first-order valence-electron chi connectivity index (χ1n) is 7.94. The molecule has 7 nitrogen and oxygen atoms in total. The highest BCUT2D eigenvalue weighted by molar-refractivity contribution is 5.88. The summed E-state index contributed by atoms with van der Waals surface area (Å²) in [7, 11) is 2.00. The number of hydroxylamine groups is 1. The second-order valence-electron chi connectivity index (χ2n) is 4.69. The third-order valence-electron chi connectivity index (χ3n) is 2.28. The summed E-state index contributed by atoms with van der Waals surface area (Å²) in [6.45, 7) is 13.9. The Morgan fingerprint density at radius 1 is 1.50 bits per heavy atom. The number of hydrogen-bond donors (Lipinski definition) is 2. The van der Waals surface area contributed by atoms with E-state index in [2.05, 4.69) is 37.2 Å². The molecule has 1 rings (SSSR count). The summed E-state index contributed by atoms with van der Waals surface area (Å²) in [5, 5.41) is 8.37. The lowest BCUT2D eigenvalue weighted by Gasteiger charge is -2.12. The Hall–Kier alpha value is -2.12. The van der Waals surface area contributed by atoms with Gasteiger partial charge in [-0.1, -0.05) is 33.3 Å². The van der Waals surface area contributed by atoms with Gasteiger partial charge in [0, 0.05) is 12.6 Å². The number of likely N-dealkylation sites (N-methyl/N-ethyl adjacent to an activating group) is 1. The van der Waals surface area contributed by atoms with Gasteiger partial charge in [-0.15, -0.1) is 6.58 Å². The van der Waals surface area contributed by atoms with Crippen LogP contribution in [0.2, 0.25) is 0 Å². The van der Waals surface area contributed by atoms with E-state index in [0.29, 0.717) is 12.4 Å². The summed E-state index contributed by atoms with van der Waals surface area (Å²) in [6, 6.07) is 0. The molecule has 0 atom stereocenters. The molecule has 0 fully saturated rings. The fourth-order valence-electron chi connectivity index (χ4n) is 1.07. The molecule has 138 valence electrons. The Bertz CT molecular complexity index is 458. The number of nitrogens with one attached hydrogen (secondary N) is 1. The number of aromatic nitrogens is 1. The predicted molar refractivity (Wildman–Crippen MR) is 95.7 cm³/mol. The van der Waals surface area contributed by atoms with Crippen LogP contribution in [-0.4, -0.2) is 47.7 Å². The van der Waals surface area contributed by atoms with Crippen molar-refractivity contribution >= 4 is 12.0 Å². The monoisotopic (exact) mass is 341 g/mol. The zero-order valence-electron chi connectivity index (χ0n) is 15.4. The van der Waals surface area contributed by atoms with E-state index >= 15 is 0 Å². The molecule has 7 heteroatoms. The number of oxazole rings is 1. The van der Waals surface area contributed by atoms with Crippen LogP contribution in [0.4, 0.5) is 0 Å². The van der Waals surface area contributed by atoms with Gasteiger partial charge in [-0.3, -0.25) is 10.0 Å². The van der Waals surface area contributed by atoms with Crippen molar-refractivity contribution in [2.45, 2.75) is 34.1 Å². The molecule has 0 saturated carbocycles. The minimum Gasteiger partial charge on any atom is -0.500 e. The summed E-state index contributed by atoms with van der Waals surface area (Å²) >= 11 is 0. The fourth-order valence-corrected chi connectivity index (χ4v) is 1.07. The lowest BCUT2D eigenvalue weighted by Crippen LogP contribution is -2.21. The smallest absolute Gasteiger partial charge is 0.330 e. The van der Waals surface area contributed by atoms with Crippen molar-refractivity contribution < 1.29 is 19.2 Å². The highest BCUT2D eigenvalue weighted by atomic mass is 16.5. The summed E-state index contributed by atoms with van der Waals surface area (Å²) in [4.78, 5) is 16.7. The van der Waals surface area contributed by atoms with Crippen LogP contribution in [-0.2, 0) is 4.74 Å². The molecule has 0 unspecified atom stereocenters. The Balaban J connectivity index is 0. The van der Waals surface area contributed by atoms with Gasteiger partial charge in [-0.2, -0.15) is 0 Å². The van der Waals surface area contributed by atoms with E-state index in [-0.39, 0.29) is 5.89 Å². The van der Waals surface area contributed by atoms with Gasteiger partial charge in [0.05, 0.1) is 19.1 Å². The zero-order chi connectivity index (χ0) is 18.8. The molecule has 0 aliphatic rings. The highest BCUT2D eigenvalue weighted by Crippen LogP contribution is 2.05. The fraction of sp³-hybridized carbons (Fsp3) is 0.529. The number of carbonyl (C=O) groups excluding carboxylic acids is 1. The van der Waals surface area contributed by atoms with Crippen molar-refractivity contribution in [1.29, 1.82) is 0 Å². The Morgan fingerprint density at radius 2 is 2.08 bits per heavy atom. The van der Waals surface area contributed by atoms with Gasteiger partial charge in [0.25, 0.3) is 5.89 Å². The largest absolute Gasteiger partial charge is 0.500 e. The summed E-state index contributed by atoms with van der Waals surface area (Å²) < 4.78 is 10.3. The third-order valence-corrected chi connectivity index (χ3v) is 2.28. The molecular weight excluding hydrogens is 310 g/mol. The van der Waals surface area contributed by atoms with Crippen molar-refractivity contribution in [3.63, 3.8) is 0 Å². The maximum atomic E-state index is 10.9. The molecule has 0 radical (unpaired) electrons. The normalized spacial score (nSPS) is 9.62. The first-order chi connectivity index (χ1) is 11.5. The highest BCUT2D eigenvalue weighted by Gasteiger charge is 2.10. The second-order valence-corrected chi connectivity index (χ2v) is 4.69. The van der Waals surface area contributed by atoms with Gasteiger partial charge < -0.3 is 14.1 Å². The standard InChI is InChI=1S/C11H17N3O4.C3H8.C3H6/c1-3-14(2)5-7-17-6-4-9-8-12-11(18-9)10(15)13-16;2*1-3-2/h4,6,8,16H,3,5,7H2,1-2H3,(H,13,15);3H2,1-2H3;3H,1H2,2H3/b6-4+;;. The van der Waals surface area contributed by atoms with Crippen LogP contribution in [0.25, 0.3) is 6.08 Å². The van der Waals surface area contributed by atoms with Gasteiger partial charge in [0.2, 0.25) is 0 Å². The molecule has 1 amide bonds. The van der Waals surface area contributed by atoms with Crippen molar-refractivity contribution in [2.75, 3.05) is 26.7 Å². The summed E-state index contributed by atoms with van der Waals surface area (Å²) in [5.41, 5.74) is 1.43. The Morgan fingerprint density at radius 3 is 2.58 bits per heavy atom. The van der Waals surface area contributed by atoms with Gasteiger partial charge in [0.1, 0.15) is 0 Å². The Kier molecular flexibility index (Phi) is 17.3. The number of hydrogen-bond acceptors (Lipinski definition) is 6. The molecule has 2 N–H and O–H groups in total. The molecular formula is C17H31N3O4. The van der Waals surface area contributed by atoms with Crippen LogP contribution < -0.4 is 5.48 Å². The number of ether oxygens (including phenoxy) is 1. The van der Waals surface area contributed by atoms with Crippen LogP contribution in [0.1, 0.15) is 50.6 Å². The number of carbonyl (C=O) groups is 1. The molecule has 0 saturated heterocycles. The molecule has 0 aliphatic carbocycles. The first-order valence-corrected chi connectivity index (χ1v) is 7.94. The van der Waals surface area contributed by atoms with Crippen molar-refractivity contribution in [3.8, 4) is 0 Å². The van der Waals surface area contributed by atoms with E-state index in [1.165, 1.54) is 24.4 Å². The van der Waals surface area contributed by atoms with Gasteiger partial charge >= 0.3 is 5.91 Å². The third kappa shape index (κ3) is 13.5. The molecule has 0 aliphatic heterocycles. The second kappa shape index (κ2) is 17.2. The van der Waals surface area contributed by atoms with Crippen molar-refractivity contribution in [1.82, 2.24) is 15.4 Å². The van der Waals surface area contributed by atoms with Crippen LogP contribution >= 0.6 is 0 Å². The molecule has 1 aromatic rings. The van der Waals surface area contributed by atoms with Crippen LogP contribution in [0.15, 0.2) is 29.5 Å². The average molecular weight is 341 g/mol. The zero-order valence-corrected chi connectivity index (χ0v) is 15.4. The average Bonchev–Trinajstić information content (AvgIpc) is 3.04. The van der Waals surface area contributed by atoms with E-state index in [1.54, 1.807) is 12.2 Å². The van der Waals surface area contributed by atoms with E-state index in [4.69, 9.17) is 14.4 Å². The molecule has 1 aromatic heterocycles. The van der Waals surface area contributed by atoms with E-state index < -0.39 is 5.91 Å². The number of allylic oxidation sites excluding steroid dienone is 1. The SMILES string of the molecule is C=CC.CCC.CCN(C)CCO/C=C/c1cnc(C(=O)NO)o1. The van der Waals surface area contributed by atoms with Crippen molar-refractivity contribution in [2.24, 2.45) is 0 Å². The van der Waals surface area contributed by atoms with Gasteiger partial charge in [-0.05, 0) is 20.5 Å². The quantitative estimate of drug-likeness (QED) is 0.260. The predicted octanol–water partition coefficient (Wildman–Crippen LogP) is 3.34. The van der Waals surface area contributed by atoms with Gasteiger partial charge in [0.15, 0.2) is 5.76 Å². The minimum atomic E-state index is -0.792. The molecule has 1 heterocycles. The van der Waals surface area contributed by atoms with E-state index in [0.717, 1.165) is 13.1 Å². The van der Waals surface area contributed by atoms with Crippen LogP contribution in [0, 0.1) is 0 Å². The number of nitrogens with zero attached hydrogens (tertiary/aromatic N) is 2. The van der Waals surface area contributed by atoms with Crippen LogP contribution in [0.3, 0.4) is 0 Å². The maximum Gasteiger partial charge on any atom is 0.330 e. The summed E-state index contributed by atoms with van der Waals surface area (Å²) in [5.74, 6) is -0.625. The lowest BCUT2D eigenvalue weighted by molar-refractivity contribution is 0.0668. The van der Waals surface area contributed by atoms with Crippen LogP contribution in [0.5, 0.6) is 0 Å². The van der Waals surface area contributed by atoms with Crippen molar-refractivity contribution in [3.05, 3.63) is 36.8 Å². The number of amides is 1. The maximum absolute atomic E-state index is 10.9. The lowest BCUT2D eigenvalue weighted by atomic mass is 10.5. The molecule has 24 heavy (non-hydrogen) atoms.